The van der Waals surface area contributed by atoms with E-state index in [1.165, 1.54) is 38.5 Å². The smallest absolute Gasteiger partial charge is 0.224 e. The quantitative estimate of drug-likeness (QED) is 0.465. The second-order valence-electron chi connectivity index (χ2n) is 10.5. The Morgan fingerprint density at radius 3 is 2.15 bits per heavy atom. The molecule has 1 aromatic heterocycles. The Morgan fingerprint density at radius 1 is 0.848 bits per heavy atom. The van der Waals surface area contributed by atoms with Gasteiger partial charge in [-0.05, 0) is 86.0 Å². The van der Waals surface area contributed by atoms with Gasteiger partial charge in [0.25, 0.3) is 0 Å². The molecule has 4 saturated carbocycles. The second-order valence-corrected chi connectivity index (χ2v) is 10.5. The lowest BCUT2D eigenvalue weighted by atomic mass is 9.49. The minimum Gasteiger partial charge on any atom is -0.340 e. The number of hydrogen-bond acceptors (Lipinski definition) is 4. The Labute approximate surface area is 195 Å². The third-order valence-electron chi connectivity index (χ3n) is 7.88. The topological polar surface area (TPSA) is 66.9 Å². The number of rotatable bonds is 6. The van der Waals surface area contributed by atoms with E-state index >= 15 is 0 Å². The van der Waals surface area contributed by atoms with Crippen LogP contribution in [0.15, 0.2) is 67.0 Å². The molecule has 2 N–H and O–H groups in total. The first-order valence-electron chi connectivity index (χ1n) is 12.2. The van der Waals surface area contributed by atoms with Crippen LogP contribution in [-0.4, -0.2) is 15.9 Å². The highest BCUT2D eigenvalue weighted by molar-refractivity contribution is 5.91. The standard InChI is InChI=1S/C28H30N4O/c33-27(17-28-14-19-10-20(15-28)12-21(11-19)16-28)32-24-8-6-23(7-9-24)31-26-13-25(29-18-30-26)22-4-2-1-3-5-22/h1-9,13,18-21H,10-12,14-17H2,(H,32,33)(H,29,30,31). The zero-order chi connectivity index (χ0) is 22.3. The SMILES string of the molecule is O=C(CC12CC3CC(CC(C3)C1)C2)Nc1ccc(Nc2cc(-c3ccccc3)ncn2)cc1. The summed E-state index contributed by atoms with van der Waals surface area (Å²) in [6, 6.07) is 19.9. The number of anilines is 3. The molecule has 0 aliphatic heterocycles. The van der Waals surface area contributed by atoms with Crippen LogP contribution in [0.3, 0.4) is 0 Å². The molecule has 33 heavy (non-hydrogen) atoms. The van der Waals surface area contributed by atoms with Gasteiger partial charge in [-0.3, -0.25) is 4.79 Å². The molecular formula is C28H30N4O. The van der Waals surface area contributed by atoms with Gasteiger partial charge >= 0.3 is 0 Å². The van der Waals surface area contributed by atoms with E-state index in [1.807, 2.05) is 60.7 Å². The molecule has 4 aliphatic rings. The Kier molecular flexibility index (Phi) is 5.12. The maximum atomic E-state index is 12.9. The van der Waals surface area contributed by atoms with Crippen LogP contribution in [0, 0.1) is 23.2 Å². The van der Waals surface area contributed by atoms with Crippen LogP contribution in [0.2, 0.25) is 0 Å². The molecule has 0 atom stereocenters. The predicted molar refractivity (Wildman–Crippen MR) is 131 cm³/mol. The zero-order valence-corrected chi connectivity index (χ0v) is 18.8. The summed E-state index contributed by atoms with van der Waals surface area (Å²) >= 11 is 0. The fraction of sp³-hybridized carbons (Fsp3) is 0.393. The zero-order valence-electron chi connectivity index (χ0n) is 18.8. The fourth-order valence-electron chi connectivity index (χ4n) is 7.03. The van der Waals surface area contributed by atoms with Gasteiger partial charge in [-0.25, -0.2) is 9.97 Å². The Bertz CT molecular complexity index is 1110. The lowest BCUT2D eigenvalue weighted by Crippen LogP contribution is -2.47. The van der Waals surface area contributed by atoms with Gasteiger partial charge < -0.3 is 10.6 Å². The number of hydrogen-bond donors (Lipinski definition) is 2. The highest BCUT2D eigenvalue weighted by Gasteiger charge is 2.51. The molecule has 3 aromatic rings. The summed E-state index contributed by atoms with van der Waals surface area (Å²) in [4.78, 5) is 21.6. The van der Waals surface area contributed by atoms with Crippen LogP contribution in [0.1, 0.15) is 44.9 Å². The van der Waals surface area contributed by atoms with Crippen LogP contribution in [0.5, 0.6) is 0 Å². The molecule has 0 saturated heterocycles. The molecule has 2 aromatic carbocycles. The monoisotopic (exact) mass is 438 g/mol. The summed E-state index contributed by atoms with van der Waals surface area (Å²) in [6.07, 6.45) is 10.3. The third-order valence-corrected chi connectivity index (χ3v) is 7.88. The summed E-state index contributed by atoms with van der Waals surface area (Å²) in [7, 11) is 0. The molecule has 0 unspecified atom stereocenters. The first-order chi connectivity index (χ1) is 16.1. The molecule has 1 amide bonds. The number of carbonyl (C=O) groups is 1. The van der Waals surface area contributed by atoms with Crippen molar-refractivity contribution in [3.8, 4) is 11.3 Å². The van der Waals surface area contributed by atoms with Crippen LogP contribution in [-0.2, 0) is 4.79 Å². The third kappa shape index (κ3) is 4.37. The van der Waals surface area contributed by atoms with E-state index in [9.17, 15) is 4.79 Å². The van der Waals surface area contributed by atoms with Gasteiger partial charge in [-0.15, -0.1) is 0 Å². The van der Waals surface area contributed by atoms with E-state index in [1.54, 1.807) is 6.33 Å². The van der Waals surface area contributed by atoms with Gasteiger partial charge in [-0.2, -0.15) is 0 Å². The number of aromatic nitrogens is 2. The minimum atomic E-state index is 0.168. The normalized spacial score (nSPS) is 27.3. The van der Waals surface area contributed by atoms with Crippen molar-refractivity contribution < 1.29 is 4.79 Å². The van der Waals surface area contributed by atoms with Gasteiger partial charge in [0, 0.05) is 29.4 Å². The minimum absolute atomic E-state index is 0.168. The summed E-state index contributed by atoms with van der Waals surface area (Å²) in [5.41, 5.74) is 3.97. The second kappa shape index (κ2) is 8.29. The van der Waals surface area contributed by atoms with E-state index < -0.39 is 0 Å². The van der Waals surface area contributed by atoms with Crippen molar-refractivity contribution in [2.45, 2.75) is 44.9 Å². The van der Waals surface area contributed by atoms with Gasteiger partial charge in [0.15, 0.2) is 0 Å². The predicted octanol–water partition coefficient (Wildman–Crippen LogP) is 6.43. The van der Waals surface area contributed by atoms with Gasteiger partial charge in [0.1, 0.15) is 12.1 Å². The summed E-state index contributed by atoms with van der Waals surface area (Å²) in [6.45, 7) is 0. The van der Waals surface area contributed by atoms with Crippen molar-refractivity contribution in [2.75, 3.05) is 10.6 Å². The van der Waals surface area contributed by atoms with Crippen LogP contribution in [0.4, 0.5) is 17.2 Å². The number of carbonyl (C=O) groups excluding carboxylic acids is 1. The Hall–Kier alpha value is -3.21. The number of nitrogens with one attached hydrogen (secondary N) is 2. The molecule has 0 spiro atoms. The van der Waals surface area contributed by atoms with Crippen molar-refractivity contribution in [3.63, 3.8) is 0 Å². The molecule has 168 valence electrons. The largest absolute Gasteiger partial charge is 0.340 e. The molecule has 4 aliphatic carbocycles. The average Bonchev–Trinajstić information content (AvgIpc) is 2.80. The van der Waals surface area contributed by atoms with Gasteiger partial charge in [0.05, 0.1) is 5.69 Å². The first-order valence-corrected chi connectivity index (χ1v) is 12.2. The number of benzene rings is 2. The first kappa shape index (κ1) is 20.4. The molecule has 1 heterocycles. The lowest BCUT2D eigenvalue weighted by molar-refractivity contribution is -0.124. The molecular weight excluding hydrogens is 408 g/mol. The maximum Gasteiger partial charge on any atom is 0.224 e. The van der Waals surface area contributed by atoms with E-state index in [0.29, 0.717) is 6.42 Å². The highest BCUT2D eigenvalue weighted by Crippen LogP contribution is 2.61. The summed E-state index contributed by atoms with van der Waals surface area (Å²) in [5, 5.41) is 6.48. The fourth-order valence-corrected chi connectivity index (χ4v) is 7.03. The number of amides is 1. The van der Waals surface area contributed by atoms with E-state index in [0.717, 1.165) is 46.2 Å². The molecule has 0 radical (unpaired) electrons. The molecule has 5 heteroatoms. The molecule has 7 rings (SSSR count). The maximum absolute atomic E-state index is 12.9. The highest BCUT2D eigenvalue weighted by atomic mass is 16.1. The Morgan fingerprint density at radius 2 is 1.48 bits per heavy atom. The van der Waals surface area contributed by atoms with Gasteiger partial charge in [0.2, 0.25) is 5.91 Å². The molecule has 4 bridgehead atoms. The molecule has 5 nitrogen and oxygen atoms in total. The van der Waals surface area contributed by atoms with Gasteiger partial charge in [-0.1, -0.05) is 30.3 Å². The Balaban J connectivity index is 1.08. The summed E-state index contributed by atoms with van der Waals surface area (Å²) < 4.78 is 0. The van der Waals surface area contributed by atoms with E-state index in [-0.39, 0.29) is 11.3 Å². The number of nitrogens with zero attached hydrogens (tertiary/aromatic N) is 2. The average molecular weight is 439 g/mol. The van der Waals surface area contributed by atoms with Crippen LogP contribution in [0.25, 0.3) is 11.3 Å². The van der Waals surface area contributed by atoms with Crippen LogP contribution < -0.4 is 10.6 Å². The van der Waals surface area contributed by atoms with Crippen molar-refractivity contribution >= 4 is 23.1 Å². The van der Waals surface area contributed by atoms with Crippen molar-refractivity contribution in [1.29, 1.82) is 0 Å². The van der Waals surface area contributed by atoms with E-state index in [4.69, 9.17) is 0 Å². The molecule has 4 fully saturated rings. The van der Waals surface area contributed by atoms with Crippen molar-refractivity contribution in [3.05, 3.63) is 67.0 Å². The van der Waals surface area contributed by atoms with Crippen molar-refractivity contribution in [1.82, 2.24) is 9.97 Å². The van der Waals surface area contributed by atoms with Crippen molar-refractivity contribution in [2.24, 2.45) is 23.2 Å². The lowest BCUT2D eigenvalue weighted by Gasteiger charge is -2.56. The van der Waals surface area contributed by atoms with E-state index in [2.05, 4.69) is 20.6 Å². The summed E-state index contributed by atoms with van der Waals surface area (Å²) in [5.74, 6) is 3.53. The van der Waals surface area contributed by atoms with Crippen LogP contribution >= 0.6 is 0 Å².